The Morgan fingerprint density at radius 1 is 1.26 bits per heavy atom. The van der Waals surface area contributed by atoms with Gasteiger partial charge in [-0.25, -0.2) is 13.8 Å². The van der Waals surface area contributed by atoms with Crippen molar-refractivity contribution in [3.63, 3.8) is 0 Å². The Balaban J connectivity index is 0.000000589. The number of pyridine rings is 1. The number of hydrogen-bond donors (Lipinski definition) is 3. The van der Waals surface area contributed by atoms with Crippen LogP contribution in [-0.2, 0) is 4.79 Å². The minimum absolute atomic E-state index is 0.201. The maximum Gasteiger partial charge on any atom is 0.251 e. The SMILES string of the molecule is C=CN=C(NC(=O)CNC(=O)c1cccc(Nc2ccncc2F)c1)C(=C)F.CC1CCCC1. The summed E-state index contributed by atoms with van der Waals surface area (Å²) >= 11 is 0. The van der Waals surface area contributed by atoms with Crippen LogP contribution in [0.1, 0.15) is 43.0 Å². The van der Waals surface area contributed by atoms with Crippen LogP contribution >= 0.6 is 0 Å². The van der Waals surface area contributed by atoms with Crippen molar-refractivity contribution < 1.29 is 18.4 Å². The van der Waals surface area contributed by atoms with Crippen molar-refractivity contribution in [2.24, 2.45) is 10.9 Å². The Bertz CT molecular complexity index is 1050. The topological polar surface area (TPSA) is 95.5 Å². The molecule has 0 unspecified atom stereocenters. The number of amidine groups is 1. The number of amides is 2. The molecule has 1 aliphatic rings. The average molecular weight is 470 g/mol. The molecule has 0 saturated heterocycles. The Hall–Kier alpha value is -3.88. The first kappa shape index (κ1) is 26.4. The number of carbonyl (C=O) groups is 2. The van der Waals surface area contributed by atoms with Crippen LogP contribution in [0.5, 0.6) is 0 Å². The number of benzene rings is 1. The lowest BCUT2D eigenvalue weighted by Gasteiger charge is -2.10. The normalized spacial score (nSPS) is 13.3. The summed E-state index contributed by atoms with van der Waals surface area (Å²) in [5.41, 5.74) is 0.908. The summed E-state index contributed by atoms with van der Waals surface area (Å²) in [6.45, 7) is 8.26. The smallest absolute Gasteiger partial charge is 0.251 e. The fourth-order valence-electron chi connectivity index (χ4n) is 3.20. The summed E-state index contributed by atoms with van der Waals surface area (Å²) in [6, 6.07) is 7.70. The van der Waals surface area contributed by atoms with E-state index in [1.807, 2.05) is 0 Å². The third-order valence-corrected chi connectivity index (χ3v) is 4.96. The van der Waals surface area contributed by atoms with Gasteiger partial charge in [-0.2, -0.15) is 0 Å². The number of rotatable bonds is 7. The van der Waals surface area contributed by atoms with Gasteiger partial charge < -0.3 is 16.0 Å². The zero-order valence-electron chi connectivity index (χ0n) is 19.1. The first-order valence-electron chi connectivity index (χ1n) is 10.9. The number of nitrogens with zero attached hydrogens (tertiary/aromatic N) is 2. The van der Waals surface area contributed by atoms with Crippen molar-refractivity contribution in [3.05, 3.63) is 79.3 Å². The van der Waals surface area contributed by atoms with E-state index in [-0.39, 0.29) is 17.1 Å². The zero-order chi connectivity index (χ0) is 24.9. The minimum Gasteiger partial charge on any atom is -0.353 e. The third kappa shape index (κ3) is 8.93. The molecule has 3 rings (SSSR count). The van der Waals surface area contributed by atoms with Crippen molar-refractivity contribution in [2.75, 3.05) is 11.9 Å². The molecule has 1 aromatic carbocycles. The second-order valence-corrected chi connectivity index (χ2v) is 7.75. The number of hydrogen-bond acceptors (Lipinski definition) is 5. The van der Waals surface area contributed by atoms with Gasteiger partial charge in [0.2, 0.25) is 5.91 Å². The maximum absolute atomic E-state index is 13.7. The van der Waals surface area contributed by atoms with Crippen molar-refractivity contribution in [3.8, 4) is 0 Å². The molecule has 9 heteroatoms. The van der Waals surface area contributed by atoms with Crippen molar-refractivity contribution >= 4 is 29.0 Å². The van der Waals surface area contributed by atoms with Crippen LogP contribution in [0.3, 0.4) is 0 Å². The van der Waals surface area contributed by atoms with Gasteiger partial charge in [0.15, 0.2) is 17.5 Å². The Labute approximate surface area is 198 Å². The largest absolute Gasteiger partial charge is 0.353 e. The molecule has 0 atom stereocenters. The third-order valence-electron chi connectivity index (χ3n) is 4.96. The number of anilines is 2. The van der Waals surface area contributed by atoms with Gasteiger partial charge in [0, 0.05) is 23.6 Å². The zero-order valence-corrected chi connectivity index (χ0v) is 19.1. The molecule has 0 radical (unpaired) electrons. The van der Waals surface area contributed by atoms with E-state index in [0.717, 1.165) is 18.3 Å². The highest BCUT2D eigenvalue weighted by molar-refractivity contribution is 6.07. The molecule has 1 saturated carbocycles. The Morgan fingerprint density at radius 2 is 2.00 bits per heavy atom. The number of aromatic nitrogens is 1. The molecule has 2 amide bonds. The van der Waals surface area contributed by atoms with Crippen LogP contribution < -0.4 is 16.0 Å². The van der Waals surface area contributed by atoms with Gasteiger partial charge in [-0.3, -0.25) is 14.6 Å². The van der Waals surface area contributed by atoms with Gasteiger partial charge in [-0.05, 0) is 30.2 Å². The monoisotopic (exact) mass is 469 g/mol. The van der Waals surface area contributed by atoms with E-state index in [4.69, 9.17) is 0 Å². The van der Waals surface area contributed by atoms with Crippen molar-refractivity contribution in [1.29, 1.82) is 0 Å². The van der Waals surface area contributed by atoms with Crippen LogP contribution in [-0.4, -0.2) is 29.2 Å². The van der Waals surface area contributed by atoms with Gasteiger partial charge in [0.05, 0.1) is 18.4 Å². The molecule has 180 valence electrons. The van der Waals surface area contributed by atoms with Crippen molar-refractivity contribution in [2.45, 2.75) is 32.6 Å². The summed E-state index contributed by atoms with van der Waals surface area (Å²) in [5.74, 6) is -2.07. The number of halogens is 2. The maximum atomic E-state index is 13.7. The fraction of sp³-hybridized carbons (Fsp3) is 0.280. The van der Waals surface area contributed by atoms with E-state index < -0.39 is 30.0 Å². The first-order chi connectivity index (χ1) is 16.3. The number of nitrogens with one attached hydrogen (secondary N) is 3. The van der Waals surface area contributed by atoms with Crippen LogP contribution in [0.25, 0.3) is 0 Å². The standard InChI is InChI=1S/C19H17F2N5O2.C6H12/c1-3-23-18(12(2)20)26-17(27)11-24-19(28)13-5-4-6-14(9-13)25-16-7-8-22-10-15(16)21;1-6-4-2-3-5-6/h3-10H,1-2,11H2,(H,22,25)(H,24,28)(H,23,26,27);6H,2-5H2,1H3. The Morgan fingerprint density at radius 3 is 2.59 bits per heavy atom. The second kappa shape index (κ2) is 13.6. The van der Waals surface area contributed by atoms with E-state index in [1.165, 1.54) is 50.1 Å². The lowest BCUT2D eigenvalue weighted by Crippen LogP contribution is -2.40. The van der Waals surface area contributed by atoms with Gasteiger partial charge in [-0.1, -0.05) is 51.8 Å². The quantitative estimate of drug-likeness (QED) is 0.391. The highest BCUT2D eigenvalue weighted by atomic mass is 19.1. The Kier molecular flexibility index (Phi) is 10.6. The highest BCUT2D eigenvalue weighted by Crippen LogP contribution is 2.23. The van der Waals surface area contributed by atoms with E-state index in [2.05, 4.69) is 46.0 Å². The van der Waals surface area contributed by atoms with Crippen LogP contribution in [0.15, 0.2) is 72.9 Å². The molecule has 34 heavy (non-hydrogen) atoms. The van der Waals surface area contributed by atoms with Gasteiger partial charge >= 0.3 is 0 Å². The van der Waals surface area contributed by atoms with Crippen LogP contribution in [0, 0.1) is 11.7 Å². The second-order valence-electron chi connectivity index (χ2n) is 7.75. The van der Waals surface area contributed by atoms with Crippen LogP contribution in [0.4, 0.5) is 20.2 Å². The van der Waals surface area contributed by atoms with E-state index in [0.29, 0.717) is 5.69 Å². The molecule has 1 aromatic heterocycles. The fourth-order valence-corrected chi connectivity index (χ4v) is 3.20. The van der Waals surface area contributed by atoms with Gasteiger partial charge in [0.25, 0.3) is 5.91 Å². The molecule has 2 aromatic rings. The molecule has 0 spiro atoms. The summed E-state index contributed by atoms with van der Waals surface area (Å²) in [6.07, 6.45) is 9.48. The van der Waals surface area contributed by atoms with Gasteiger partial charge in [0.1, 0.15) is 0 Å². The summed E-state index contributed by atoms with van der Waals surface area (Å²) in [5, 5.41) is 7.39. The van der Waals surface area contributed by atoms with Gasteiger partial charge in [-0.15, -0.1) is 0 Å². The molecule has 1 heterocycles. The highest BCUT2D eigenvalue weighted by Gasteiger charge is 2.12. The van der Waals surface area contributed by atoms with E-state index >= 15 is 0 Å². The summed E-state index contributed by atoms with van der Waals surface area (Å²) in [7, 11) is 0. The lowest BCUT2D eigenvalue weighted by molar-refractivity contribution is -0.118. The molecule has 0 aliphatic heterocycles. The molecule has 7 nitrogen and oxygen atoms in total. The predicted octanol–water partition coefficient (Wildman–Crippen LogP) is 5.03. The molecular formula is C25H29F2N5O2. The predicted molar refractivity (Wildman–Crippen MR) is 130 cm³/mol. The summed E-state index contributed by atoms with van der Waals surface area (Å²) < 4.78 is 26.8. The van der Waals surface area contributed by atoms with E-state index in [1.54, 1.807) is 12.1 Å². The van der Waals surface area contributed by atoms with Crippen molar-refractivity contribution in [1.82, 2.24) is 15.6 Å². The molecule has 3 N–H and O–H groups in total. The van der Waals surface area contributed by atoms with E-state index in [9.17, 15) is 18.4 Å². The van der Waals surface area contributed by atoms with Crippen LogP contribution in [0.2, 0.25) is 0 Å². The summed E-state index contributed by atoms with van der Waals surface area (Å²) in [4.78, 5) is 31.2. The first-order valence-corrected chi connectivity index (χ1v) is 10.9. The number of carbonyl (C=O) groups excluding carboxylic acids is 2. The molecule has 0 bridgehead atoms. The molecular weight excluding hydrogens is 440 g/mol. The lowest BCUT2D eigenvalue weighted by atomic mass is 10.2. The molecule has 1 aliphatic carbocycles. The average Bonchev–Trinajstić information content (AvgIpc) is 3.30. The minimum atomic E-state index is -0.943. The molecule has 1 fully saturated rings. The number of aliphatic imine (C=N–C) groups is 1.